The van der Waals surface area contributed by atoms with E-state index in [-0.39, 0.29) is 12.3 Å². The first-order valence-corrected chi connectivity index (χ1v) is 5.41. The Balaban J connectivity index is 2.44. The molecule has 1 rings (SSSR count). The summed E-state index contributed by atoms with van der Waals surface area (Å²) in [5.41, 5.74) is 1.23. The van der Waals surface area contributed by atoms with Crippen molar-refractivity contribution in [1.29, 1.82) is 0 Å². The summed E-state index contributed by atoms with van der Waals surface area (Å²) < 4.78 is 12.3. The number of hydrogen-bond donors (Lipinski definition) is 1. The first kappa shape index (κ1) is 13.2. The van der Waals surface area contributed by atoms with Crippen molar-refractivity contribution < 1.29 is 9.47 Å². The van der Waals surface area contributed by atoms with E-state index >= 15 is 0 Å². The number of aryl methyl sites for hydroxylation is 2. The van der Waals surface area contributed by atoms with Crippen LogP contribution < -0.4 is 5.32 Å². The van der Waals surface area contributed by atoms with Gasteiger partial charge in [-0.15, -0.1) is 0 Å². The number of ether oxygens (including phenoxy) is 2. The lowest BCUT2D eigenvalue weighted by molar-refractivity contribution is -0.122. The quantitative estimate of drug-likeness (QED) is 0.691. The molecule has 5 heteroatoms. The summed E-state index contributed by atoms with van der Waals surface area (Å²) in [6, 6.07) is 0.190. The van der Waals surface area contributed by atoms with Crippen molar-refractivity contribution in [2.75, 3.05) is 21.3 Å². The van der Waals surface area contributed by atoms with Crippen molar-refractivity contribution in [3.63, 3.8) is 0 Å². The molecule has 5 nitrogen and oxygen atoms in total. The van der Waals surface area contributed by atoms with Gasteiger partial charge in [-0.2, -0.15) is 5.10 Å². The molecule has 16 heavy (non-hydrogen) atoms. The molecule has 0 aromatic carbocycles. The number of nitrogens with one attached hydrogen (secondary N) is 1. The smallest absolute Gasteiger partial charge is 0.171 e. The first-order valence-electron chi connectivity index (χ1n) is 5.41. The maximum absolute atomic E-state index is 5.24. The average molecular weight is 227 g/mol. The van der Waals surface area contributed by atoms with Crippen molar-refractivity contribution in [2.45, 2.75) is 25.2 Å². The molecule has 1 N–H and O–H groups in total. The van der Waals surface area contributed by atoms with E-state index in [0.717, 1.165) is 12.8 Å². The fourth-order valence-electron chi connectivity index (χ4n) is 1.76. The van der Waals surface area contributed by atoms with Gasteiger partial charge in [-0.1, -0.05) is 0 Å². The predicted molar refractivity (Wildman–Crippen MR) is 62.2 cm³/mol. The number of hydrogen-bond acceptors (Lipinski definition) is 4. The molecule has 92 valence electrons. The molecule has 0 fully saturated rings. The minimum absolute atomic E-state index is 0.190. The second kappa shape index (κ2) is 6.62. The zero-order valence-corrected chi connectivity index (χ0v) is 10.4. The van der Waals surface area contributed by atoms with Crippen LogP contribution in [-0.4, -0.2) is 43.4 Å². The van der Waals surface area contributed by atoms with Gasteiger partial charge in [0.25, 0.3) is 0 Å². The van der Waals surface area contributed by atoms with Gasteiger partial charge in [0.1, 0.15) is 0 Å². The van der Waals surface area contributed by atoms with Gasteiger partial charge >= 0.3 is 0 Å². The van der Waals surface area contributed by atoms with Crippen LogP contribution in [0.2, 0.25) is 0 Å². The topological polar surface area (TPSA) is 48.3 Å². The molecule has 1 atom stereocenters. The average Bonchev–Trinajstić information content (AvgIpc) is 2.70. The highest BCUT2D eigenvalue weighted by Crippen LogP contribution is 2.09. The van der Waals surface area contributed by atoms with Gasteiger partial charge in [0.05, 0.1) is 12.2 Å². The largest absolute Gasteiger partial charge is 0.354 e. The Hall–Kier alpha value is -0.910. The Morgan fingerprint density at radius 3 is 2.56 bits per heavy atom. The van der Waals surface area contributed by atoms with Crippen molar-refractivity contribution in [1.82, 2.24) is 15.1 Å². The zero-order chi connectivity index (χ0) is 12.0. The molecule has 0 saturated heterocycles. The molecule has 0 spiro atoms. The Morgan fingerprint density at radius 1 is 1.44 bits per heavy atom. The molecule has 0 radical (unpaired) electrons. The fraction of sp³-hybridized carbons (Fsp3) is 0.727. The van der Waals surface area contributed by atoms with E-state index in [9.17, 15) is 0 Å². The van der Waals surface area contributed by atoms with Gasteiger partial charge in [-0.3, -0.25) is 4.68 Å². The molecule has 0 amide bonds. The second-order valence-corrected chi connectivity index (χ2v) is 3.80. The Bertz CT molecular complexity index is 297. The van der Waals surface area contributed by atoms with E-state index in [4.69, 9.17) is 9.47 Å². The van der Waals surface area contributed by atoms with E-state index in [2.05, 4.69) is 10.4 Å². The summed E-state index contributed by atoms with van der Waals surface area (Å²) in [6.45, 7) is 0. The highest BCUT2D eigenvalue weighted by molar-refractivity contribution is 5.04. The van der Waals surface area contributed by atoms with Gasteiger partial charge < -0.3 is 14.8 Å². The third kappa shape index (κ3) is 3.59. The standard InChI is InChI=1S/C11H21N3O2/c1-12-10(11(15-3)16-4)6-5-9-7-13-14(2)8-9/h7-8,10-12H,5-6H2,1-4H3. The predicted octanol–water partition coefficient (Wildman–Crippen LogP) is 0.560. The van der Waals surface area contributed by atoms with Crippen LogP contribution in [0, 0.1) is 0 Å². The van der Waals surface area contributed by atoms with E-state index in [1.165, 1.54) is 5.56 Å². The molecule has 0 saturated carbocycles. The fourth-order valence-corrected chi connectivity index (χ4v) is 1.76. The van der Waals surface area contributed by atoms with Crippen molar-refractivity contribution in [3.8, 4) is 0 Å². The summed E-state index contributed by atoms with van der Waals surface area (Å²) in [6.07, 6.45) is 5.63. The van der Waals surface area contributed by atoms with Crippen LogP contribution in [-0.2, 0) is 22.9 Å². The van der Waals surface area contributed by atoms with Crippen LogP contribution in [0.1, 0.15) is 12.0 Å². The van der Waals surface area contributed by atoms with Crippen LogP contribution in [0.4, 0.5) is 0 Å². The lowest BCUT2D eigenvalue weighted by Crippen LogP contribution is -2.40. The number of nitrogens with zero attached hydrogens (tertiary/aromatic N) is 2. The van der Waals surface area contributed by atoms with Crippen LogP contribution in [0.3, 0.4) is 0 Å². The van der Waals surface area contributed by atoms with E-state index in [1.54, 1.807) is 14.2 Å². The van der Waals surface area contributed by atoms with Crippen LogP contribution in [0.15, 0.2) is 12.4 Å². The maximum Gasteiger partial charge on any atom is 0.171 e. The molecule has 1 unspecified atom stereocenters. The minimum atomic E-state index is -0.207. The molecule has 0 aliphatic heterocycles. The molecule has 1 aromatic heterocycles. The third-order valence-corrected chi connectivity index (χ3v) is 2.67. The van der Waals surface area contributed by atoms with Crippen molar-refractivity contribution in [2.24, 2.45) is 7.05 Å². The van der Waals surface area contributed by atoms with Crippen LogP contribution in [0.25, 0.3) is 0 Å². The van der Waals surface area contributed by atoms with Gasteiger partial charge in [-0.05, 0) is 25.5 Å². The Morgan fingerprint density at radius 2 is 2.12 bits per heavy atom. The summed E-state index contributed by atoms with van der Waals surface area (Å²) in [5, 5.41) is 7.34. The molecule has 0 aliphatic carbocycles. The third-order valence-electron chi connectivity index (χ3n) is 2.67. The number of rotatable bonds is 7. The highest BCUT2D eigenvalue weighted by Gasteiger charge is 2.18. The molecule has 1 aromatic rings. The Kier molecular flexibility index (Phi) is 5.45. The van der Waals surface area contributed by atoms with E-state index in [0.29, 0.717) is 0 Å². The summed E-state index contributed by atoms with van der Waals surface area (Å²) in [7, 11) is 7.15. The summed E-state index contributed by atoms with van der Waals surface area (Å²) >= 11 is 0. The summed E-state index contributed by atoms with van der Waals surface area (Å²) in [5.74, 6) is 0. The monoisotopic (exact) mass is 227 g/mol. The van der Waals surface area contributed by atoms with Gasteiger partial charge in [0.2, 0.25) is 0 Å². The van der Waals surface area contributed by atoms with Crippen molar-refractivity contribution in [3.05, 3.63) is 18.0 Å². The van der Waals surface area contributed by atoms with Gasteiger partial charge in [0.15, 0.2) is 6.29 Å². The zero-order valence-electron chi connectivity index (χ0n) is 10.4. The number of likely N-dealkylation sites (N-methyl/N-ethyl adjacent to an activating group) is 1. The molecular formula is C11H21N3O2. The van der Waals surface area contributed by atoms with Gasteiger partial charge in [0, 0.05) is 27.5 Å². The molecular weight excluding hydrogens is 206 g/mol. The molecule has 0 aliphatic rings. The second-order valence-electron chi connectivity index (χ2n) is 3.80. The lowest BCUT2D eigenvalue weighted by atomic mass is 10.1. The number of methoxy groups -OCH3 is 2. The lowest BCUT2D eigenvalue weighted by Gasteiger charge is -2.23. The first-order chi connectivity index (χ1) is 7.71. The normalized spacial score (nSPS) is 13.3. The number of aromatic nitrogens is 2. The summed E-state index contributed by atoms with van der Waals surface area (Å²) in [4.78, 5) is 0. The van der Waals surface area contributed by atoms with Crippen LogP contribution >= 0.6 is 0 Å². The van der Waals surface area contributed by atoms with Gasteiger partial charge in [-0.25, -0.2) is 0 Å². The molecule has 0 bridgehead atoms. The maximum atomic E-state index is 5.24. The van der Waals surface area contributed by atoms with Crippen LogP contribution in [0.5, 0.6) is 0 Å². The van der Waals surface area contributed by atoms with E-state index < -0.39 is 0 Å². The molecule has 1 heterocycles. The Labute approximate surface area is 96.7 Å². The van der Waals surface area contributed by atoms with E-state index in [1.807, 2.05) is 31.2 Å². The van der Waals surface area contributed by atoms with Crippen molar-refractivity contribution >= 4 is 0 Å². The SMILES string of the molecule is CNC(CCc1cnn(C)c1)C(OC)OC. The highest BCUT2D eigenvalue weighted by atomic mass is 16.7. The minimum Gasteiger partial charge on any atom is -0.354 e.